The van der Waals surface area contributed by atoms with Gasteiger partial charge in [-0.3, -0.25) is 9.59 Å². The summed E-state index contributed by atoms with van der Waals surface area (Å²) in [6, 6.07) is 5.26. The third kappa shape index (κ3) is 5.84. The van der Waals surface area contributed by atoms with Crippen LogP contribution in [0.4, 0.5) is 5.69 Å². The zero-order valence-electron chi connectivity index (χ0n) is 20.3. The second kappa shape index (κ2) is 10.4. The van der Waals surface area contributed by atoms with Crippen LogP contribution < -0.4 is 10.6 Å². The number of H-pyrrole nitrogens is 1. The van der Waals surface area contributed by atoms with Crippen molar-refractivity contribution in [1.82, 2.24) is 15.2 Å². The molecule has 1 aromatic heterocycles. The quantitative estimate of drug-likeness (QED) is 0.473. The standard InChI is InChI=1S/C25H32N4O4S/c1-6-29(7-2)12-11-26-25(31)23-16(3)22(27-17(23)4)15-20-19-14-18(10-13-34(5,32)33)8-9-21(19)28-24(20)30/h8-10,13-15,27H,6-7,11-12H2,1-5H3,(H,26,31)(H,28,30)/b13-10+,20-15-. The van der Waals surface area contributed by atoms with E-state index >= 15 is 0 Å². The van der Waals surface area contributed by atoms with E-state index in [1.807, 2.05) is 13.8 Å². The summed E-state index contributed by atoms with van der Waals surface area (Å²) in [5, 5.41) is 6.95. The minimum absolute atomic E-state index is 0.146. The molecule has 2 heterocycles. The Hall–Kier alpha value is -3.17. The van der Waals surface area contributed by atoms with Crippen LogP contribution in [-0.2, 0) is 14.6 Å². The summed E-state index contributed by atoms with van der Waals surface area (Å²) in [7, 11) is -3.26. The molecule has 0 bridgehead atoms. The summed E-state index contributed by atoms with van der Waals surface area (Å²) in [5.41, 5.74) is 5.20. The minimum atomic E-state index is -3.26. The Morgan fingerprint density at radius 3 is 2.53 bits per heavy atom. The van der Waals surface area contributed by atoms with Crippen molar-refractivity contribution in [1.29, 1.82) is 0 Å². The fraction of sp³-hybridized carbons (Fsp3) is 0.360. The van der Waals surface area contributed by atoms with Crippen LogP contribution in [0, 0.1) is 13.8 Å². The van der Waals surface area contributed by atoms with Crippen LogP contribution >= 0.6 is 0 Å². The van der Waals surface area contributed by atoms with Crippen molar-refractivity contribution in [2.75, 3.05) is 37.8 Å². The zero-order valence-corrected chi connectivity index (χ0v) is 21.1. The Bertz CT molecular complexity index is 1270. The number of hydrogen-bond acceptors (Lipinski definition) is 5. The maximum atomic E-state index is 12.8. The first-order valence-electron chi connectivity index (χ1n) is 11.3. The van der Waals surface area contributed by atoms with Gasteiger partial charge in [0.2, 0.25) is 0 Å². The number of rotatable bonds is 9. The first kappa shape index (κ1) is 25.5. The van der Waals surface area contributed by atoms with E-state index in [-0.39, 0.29) is 11.8 Å². The molecule has 0 aliphatic carbocycles. The molecular weight excluding hydrogens is 452 g/mol. The van der Waals surface area contributed by atoms with E-state index in [4.69, 9.17) is 0 Å². The van der Waals surface area contributed by atoms with E-state index in [0.29, 0.717) is 40.2 Å². The molecule has 0 spiro atoms. The van der Waals surface area contributed by atoms with Crippen molar-refractivity contribution < 1.29 is 18.0 Å². The number of sulfone groups is 1. The van der Waals surface area contributed by atoms with Gasteiger partial charge in [0, 0.05) is 47.4 Å². The van der Waals surface area contributed by atoms with E-state index in [2.05, 4.69) is 34.4 Å². The van der Waals surface area contributed by atoms with Crippen molar-refractivity contribution >= 4 is 45.1 Å². The average Bonchev–Trinajstić information content (AvgIpc) is 3.24. The van der Waals surface area contributed by atoms with Crippen molar-refractivity contribution in [3.8, 4) is 0 Å². The van der Waals surface area contributed by atoms with Gasteiger partial charge in [-0.25, -0.2) is 8.42 Å². The van der Waals surface area contributed by atoms with Crippen LogP contribution in [0.2, 0.25) is 0 Å². The number of carbonyl (C=O) groups is 2. The van der Waals surface area contributed by atoms with Crippen LogP contribution in [0.3, 0.4) is 0 Å². The average molecular weight is 485 g/mol. The molecule has 0 radical (unpaired) electrons. The SMILES string of the molecule is CCN(CC)CCNC(=O)c1c(C)[nH]c(/C=C2\C(=O)Nc3ccc(/C=C/S(C)(=O)=O)cc32)c1C. The van der Waals surface area contributed by atoms with E-state index < -0.39 is 9.84 Å². The highest BCUT2D eigenvalue weighted by atomic mass is 32.2. The number of nitrogens with zero attached hydrogens (tertiary/aromatic N) is 1. The molecule has 0 unspecified atom stereocenters. The highest BCUT2D eigenvalue weighted by Gasteiger charge is 2.26. The molecule has 3 rings (SSSR count). The number of anilines is 1. The molecule has 0 saturated carbocycles. The first-order chi connectivity index (χ1) is 16.0. The van der Waals surface area contributed by atoms with Crippen molar-refractivity contribution in [3.63, 3.8) is 0 Å². The molecule has 1 aromatic carbocycles. The van der Waals surface area contributed by atoms with Gasteiger partial charge < -0.3 is 20.5 Å². The molecule has 1 aliphatic rings. The summed E-state index contributed by atoms with van der Waals surface area (Å²) in [6.07, 6.45) is 4.36. The van der Waals surface area contributed by atoms with Gasteiger partial charge in [-0.15, -0.1) is 0 Å². The minimum Gasteiger partial charge on any atom is -0.358 e. The second-order valence-electron chi connectivity index (χ2n) is 8.40. The number of likely N-dealkylation sites (N-methyl/N-ethyl adjacent to an activating group) is 1. The molecule has 34 heavy (non-hydrogen) atoms. The smallest absolute Gasteiger partial charge is 0.256 e. The molecule has 9 heteroatoms. The van der Waals surface area contributed by atoms with Gasteiger partial charge >= 0.3 is 0 Å². The van der Waals surface area contributed by atoms with E-state index in [0.717, 1.165) is 42.6 Å². The molecule has 0 saturated heterocycles. The first-order valence-corrected chi connectivity index (χ1v) is 13.2. The highest BCUT2D eigenvalue weighted by Crippen LogP contribution is 2.35. The van der Waals surface area contributed by atoms with E-state index in [9.17, 15) is 18.0 Å². The molecule has 0 fully saturated rings. The lowest BCUT2D eigenvalue weighted by Crippen LogP contribution is -2.35. The topological polar surface area (TPSA) is 111 Å². The Morgan fingerprint density at radius 1 is 1.18 bits per heavy atom. The highest BCUT2D eigenvalue weighted by molar-refractivity contribution is 7.93. The number of benzene rings is 1. The Kier molecular flexibility index (Phi) is 7.78. The van der Waals surface area contributed by atoms with Gasteiger partial charge in [-0.2, -0.15) is 0 Å². The molecule has 1 aliphatic heterocycles. The molecule has 2 amide bonds. The van der Waals surface area contributed by atoms with Crippen molar-refractivity contribution in [3.05, 3.63) is 57.2 Å². The predicted octanol–water partition coefficient (Wildman–Crippen LogP) is 3.21. The largest absolute Gasteiger partial charge is 0.358 e. The van der Waals surface area contributed by atoms with Gasteiger partial charge in [-0.05, 0) is 62.3 Å². The summed E-state index contributed by atoms with van der Waals surface area (Å²) < 4.78 is 22.9. The summed E-state index contributed by atoms with van der Waals surface area (Å²) in [5.74, 6) is -0.399. The molecular formula is C25H32N4O4S. The molecule has 0 atom stereocenters. The third-order valence-electron chi connectivity index (χ3n) is 5.93. The Labute approximate surface area is 201 Å². The number of carbonyl (C=O) groups excluding carboxylic acids is 2. The maximum Gasteiger partial charge on any atom is 0.256 e. The van der Waals surface area contributed by atoms with Crippen LogP contribution in [0.25, 0.3) is 17.7 Å². The number of amides is 2. The molecule has 182 valence electrons. The van der Waals surface area contributed by atoms with Crippen LogP contribution in [0.15, 0.2) is 23.6 Å². The maximum absolute atomic E-state index is 12.8. The van der Waals surface area contributed by atoms with E-state index in [1.165, 1.54) is 6.08 Å². The van der Waals surface area contributed by atoms with Crippen molar-refractivity contribution in [2.45, 2.75) is 27.7 Å². The van der Waals surface area contributed by atoms with Gasteiger partial charge in [0.1, 0.15) is 0 Å². The third-order valence-corrected chi connectivity index (χ3v) is 6.56. The van der Waals surface area contributed by atoms with E-state index in [1.54, 1.807) is 24.3 Å². The monoisotopic (exact) mass is 484 g/mol. The summed E-state index contributed by atoms with van der Waals surface area (Å²) in [4.78, 5) is 31.0. The molecule has 8 nitrogen and oxygen atoms in total. The lowest BCUT2D eigenvalue weighted by atomic mass is 10.0. The fourth-order valence-electron chi connectivity index (χ4n) is 4.01. The van der Waals surface area contributed by atoms with Crippen LogP contribution in [0.5, 0.6) is 0 Å². The lowest BCUT2D eigenvalue weighted by molar-refractivity contribution is -0.110. The molecule has 2 aromatic rings. The number of fused-ring (bicyclic) bond motifs is 1. The number of hydrogen-bond donors (Lipinski definition) is 3. The van der Waals surface area contributed by atoms with Gasteiger partial charge in [-0.1, -0.05) is 19.9 Å². The zero-order chi connectivity index (χ0) is 25.0. The van der Waals surface area contributed by atoms with Gasteiger partial charge in [0.15, 0.2) is 9.84 Å². The normalized spacial score (nSPS) is 14.8. The Morgan fingerprint density at radius 2 is 1.88 bits per heavy atom. The Balaban J connectivity index is 1.88. The number of nitrogens with one attached hydrogen (secondary N) is 3. The number of aromatic nitrogens is 1. The van der Waals surface area contributed by atoms with Crippen LogP contribution in [-0.4, -0.2) is 62.6 Å². The fourth-order valence-corrected chi connectivity index (χ4v) is 4.42. The van der Waals surface area contributed by atoms with Gasteiger partial charge in [0.25, 0.3) is 11.8 Å². The summed E-state index contributed by atoms with van der Waals surface area (Å²) >= 11 is 0. The van der Waals surface area contributed by atoms with Crippen molar-refractivity contribution in [2.24, 2.45) is 0 Å². The lowest BCUT2D eigenvalue weighted by Gasteiger charge is -2.18. The summed E-state index contributed by atoms with van der Waals surface area (Å²) in [6.45, 7) is 11.1. The second-order valence-corrected chi connectivity index (χ2v) is 10.3. The molecule has 3 N–H and O–H groups in total. The predicted molar refractivity (Wildman–Crippen MR) is 137 cm³/mol. The van der Waals surface area contributed by atoms with Crippen LogP contribution in [0.1, 0.15) is 52.3 Å². The number of aromatic amines is 1. The number of aryl methyl sites for hydroxylation is 1. The van der Waals surface area contributed by atoms with Gasteiger partial charge in [0.05, 0.1) is 11.1 Å².